The number of nitrogens with zero attached hydrogens (tertiary/aromatic N) is 1. The van der Waals surface area contributed by atoms with E-state index < -0.39 is 17.8 Å². The van der Waals surface area contributed by atoms with Crippen LogP contribution in [0.5, 0.6) is 0 Å². The molecular weight excluding hydrogens is 411 g/mol. The van der Waals surface area contributed by atoms with Gasteiger partial charge in [-0.05, 0) is 49.4 Å². The highest BCUT2D eigenvalue weighted by molar-refractivity contribution is 5.94. The van der Waals surface area contributed by atoms with Crippen molar-refractivity contribution in [2.75, 3.05) is 23.3 Å². The van der Waals surface area contributed by atoms with Crippen LogP contribution in [0.15, 0.2) is 51.7 Å². The molecule has 32 heavy (non-hydrogen) atoms. The summed E-state index contributed by atoms with van der Waals surface area (Å²) in [5.74, 6) is -1.14. The first kappa shape index (κ1) is 21.9. The minimum Gasteiger partial charge on any atom is -0.478 e. The van der Waals surface area contributed by atoms with Crippen LogP contribution >= 0.6 is 0 Å². The molecule has 0 spiro atoms. The van der Waals surface area contributed by atoms with Crippen LogP contribution in [0.1, 0.15) is 55.6 Å². The Balaban J connectivity index is 1.75. The second-order valence-electron chi connectivity index (χ2n) is 9.19. The Morgan fingerprint density at radius 3 is 2.56 bits per heavy atom. The Bertz CT molecular complexity index is 1220. The molecule has 2 N–H and O–H groups in total. The first-order valence-corrected chi connectivity index (χ1v) is 10.8. The third-order valence-electron chi connectivity index (χ3n) is 6.23. The van der Waals surface area contributed by atoms with Gasteiger partial charge in [0.25, 0.3) is 0 Å². The van der Waals surface area contributed by atoms with Crippen molar-refractivity contribution in [2.24, 2.45) is 5.41 Å². The molecule has 7 heteroatoms. The monoisotopic (exact) mass is 438 g/mol. The van der Waals surface area contributed by atoms with Gasteiger partial charge in [0.2, 0.25) is 0 Å². The van der Waals surface area contributed by atoms with E-state index in [2.05, 4.69) is 24.1 Å². The van der Waals surface area contributed by atoms with E-state index in [-0.39, 0.29) is 21.8 Å². The number of halogens is 1. The zero-order chi connectivity index (χ0) is 23.0. The Hall–Kier alpha value is -3.35. The van der Waals surface area contributed by atoms with Crippen LogP contribution in [0.4, 0.5) is 16.0 Å². The fourth-order valence-corrected chi connectivity index (χ4v) is 4.15. The lowest BCUT2D eigenvalue weighted by molar-refractivity contribution is 0.0698. The average Bonchev–Trinajstić information content (AvgIpc) is 2.74. The number of nitrogens with one attached hydrogen (secondary N) is 1. The number of hydrogen-bond donors (Lipinski definition) is 2. The predicted molar refractivity (Wildman–Crippen MR) is 123 cm³/mol. The smallest absolute Gasteiger partial charge is 0.337 e. The topological polar surface area (TPSA) is 82.8 Å². The van der Waals surface area contributed by atoms with Crippen molar-refractivity contribution in [1.82, 2.24) is 0 Å². The Labute approximate surface area is 185 Å². The highest BCUT2D eigenvalue weighted by Gasteiger charge is 2.27. The van der Waals surface area contributed by atoms with Gasteiger partial charge in [0.15, 0.2) is 11.3 Å². The number of aromatic carboxylic acids is 1. The van der Waals surface area contributed by atoms with Crippen LogP contribution < -0.4 is 15.6 Å². The van der Waals surface area contributed by atoms with Gasteiger partial charge in [-0.1, -0.05) is 26.0 Å². The lowest BCUT2D eigenvalue weighted by atomic mass is 9.83. The molecule has 1 fully saturated rings. The van der Waals surface area contributed by atoms with E-state index in [0.29, 0.717) is 22.7 Å². The number of fused-ring (bicyclic) bond motifs is 1. The molecule has 4 rings (SSSR count). The van der Waals surface area contributed by atoms with Gasteiger partial charge in [0.1, 0.15) is 11.4 Å². The summed E-state index contributed by atoms with van der Waals surface area (Å²) < 4.78 is 20.6. The highest BCUT2D eigenvalue weighted by Crippen LogP contribution is 2.34. The van der Waals surface area contributed by atoms with Crippen LogP contribution in [0.2, 0.25) is 0 Å². The molecular formula is C25H27FN2O4. The van der Waals surface area contributed by atoms with Gasteiger partial charge >= 0.3 is 5.97 Å². The Kier molecular flexibility index (Phi) is 5.67. The van der Waals surface area contributed by atoms with Gasteiger partial charge in [0, 0.05) is 30.4 Å². The standard InChI is InChI=1S/C25H27FN2O4/c1-15(27-20-7-5-4-6-17(20)24(30)31)18-12-16(26)13-19-21(29)14-22(32-23(18)19)28-10-8-25(2,3)9-11-28/h4-7,12-15,27H,8-11H2,1-3H3,(H,30,31). The Morgan fingerprint density at radius 1 is 1.19 bits per heavy atom. The molecule has 1 atom stereocenters. The number of rotatable bonds is 5. The maximum Gasteiger partial charge on any atom is 0.337 e. The lowest BCUT2D eigenvalue weighted by Gasteiger charge is -2.37. The van der Waals surface area contributed by atoms with Crippen LogP contribution in [-0.4, -0.2) is 24.2 Å². The maximum absolute atomic E-state index is 14.4. The summed E-state index contributed by atoms with van der Waals surface area (Å²) >= 11 is 0. The van der Waals surface area contributed by atoms with Gasteiger partial charge in [-0.15, -0.1) is 0 Å². The minimum absolute atomic E-state index is 0.109. The van der Waals surface area contributed by atoms with Crippen molar-refractivity contribution in [3.8, 4) is 0 Å². The second kappa shape index (κ2) is 8.30. The number of carboxylic acids is 1. The largest absolute Gasteiger partial charge is 0.478 e. The first-order chi connectivity index (χ1) is 15.1. The summed E-state index contributed by atoms with van der Waals surface area (Å²) in [6.07, 6.45) is 1.96. The van der Waals surface area contributed by atoms with Crippen LogP contribution in [0.3, 0.4) is 0 Å². The van der Waals surface area contributed by atoms with Crippen LogP contribution in [0, 0.1) is 11.2 Å². The number of hydrogen-bond acceptors (Lipinski definition) is 5. The van der Waals surface area contributed by atoms with E-state index in [4.69, 9.17) is 4.42 Å². The normalized spacial score (nSPS) is 16.7. The van der Waals surface area contributed by atoms with Crippen molar-refractivity contribution in [3.05, 3.63) is 69.6 Å². The molecule has 3 aromatic rings. The van der Waals surface area contributed by atoms with Gasteiger partial charge in [0.05, 0.1) is 17.0 Å². The lowest BCUT2D eigenvalue weighted by Crippen LogP contribution is -2.37. The van der Waals surface area contributed by atoms with Gasteiger partial charge in [-0.25, -0.2) is 9.18 Å². The molecule has 168 valence electrons. The maximum atomic E-state index is 14.4. The van der Waals surface area contributed by atoms with Crippen molar-refractivity contribution in [3.63, 3.8) is 0 Å². The molecule has 1 unspecified atom stereocenters. The number of carbonyl (C=O) groups is 1. The molecule has 6 nitrogen and oxygen atoms in total. The molecule has 1 aliphatic heterocycles. The average molecular weight is 438 g/mol. The summed E-state index contributed by atoms with van der Waals surface area (Å²) in [6.45, 7) is 7.78. The summed E-state index contributed by atoms with van der Waals surface area (Å²) in [5.41, 5.74) is 1.23. The summed E-state index contributed by atoms with van der Waals surface area (Å²) in [4.78, 5) is 26.5. The van der Waals surface area contributed by atoms with Crippen LogP contribution in [0.25, 0.3) is 11.0 Å². The minimum atomic E-state index is -1.06. The number of anilines is 2. The third-order valence-corrected chi connectivity index (χ3v) is 6.23. The molecule has 1 aromatic heterocycles. The number of para-hydroxylation sites is 1. The van der Waals surface area contributed by atoms with Crippen molar-refractivity contribution < 1.29 is 18.7 Å². The summed E-state index contributed by atoms with van der Waals surface area (Å²) in [5, 5.41) is 12.8. The number of piperidine rings is 1. The van der Waals surface area contributed by atoms with Gasteiger partial charge in [-0.3, -0.25) is 4.79 Å². The van der Waals surface area contributed by atoms with Gasteiger partial charge < -0.3 is 19.7 Å². The fraction of sp³-hybridized carbons (Fsp3) is 0.360. The molecule has 0 bridgehead atoms. The Morgan fingerprint density at radius 2 is 1.88 bits per heavy atom. The second-order valence-corrected chi connectivity index (χ2v) is 9.19. The zero-order valence-electron chi connectivity index (χ0n) is 18.4. The summed E-state index contributed by atoms with van der Waals surface area (Å²) in [7, 11) is 0. The number of carboxylic acid groups (broad SMARTS) is 1. The molecule has 1 aliphatic rings. The van der Waals surface area contributed by atoms with Crippen molar-refractivity contribution in [2.45, 2.75) is 39.7 Å². The summed E-state index contributed by atoms with van der Waals surface area (Å²) in [6, 6.07) is 9.95. The molecule has 0 saturated carbocycles. The van der Waals surface area contributed by atoms with Crippen molar-refractivity contribution in [1.29, 1.82) is 0 Å². The quantitative estimate of drug-likeness (QED) is 0.553. The molecule has 0 amide bonds. The van der Waals surface area contributed by atoms with Crippen LogP contribution in [-0.2, 0) is 0 Å². The zero-order valence-corrected chi connectivity index (χ0v) is 18.4. The highest BCUT2D eigenvalue weighted by atomic mass is 19.1. The predicted octanol–water partition coefficient (Wildman–Crippen LogP) is 5.43. The number of benzene rings is 2. The van der Waals surface area contributed by atoms with E-state index in [1.807, 2.05) is 0 Å². The molecule has 2 heterocycles. The fourth-order valence-electron chi connectivity index (χ4n) is 4.15. The molecule has 0 aliphatic carbocycles. The SMILES string of the molecule is CC(Nc1ccccc1C(=O)O)c1cc(F)cc2c(=O)cc(N3CCC(C)(C)CC3)oc12. The van der Waals surface area contributed by atoms with E-state index in [0.717, 1.165) is 25.9 Å². The van der Waals surface area contributed by atoms with E-state index in [1.165, 1.54) is 24.3 Å². The van der Waals surface area contributed by atoms with E-state index in [9.17, 15) is 19.1 Å². The molecule has 2 aromatic carbocycles. The molecule has 0 radical (unpaired) electrons. The molecule has 1 saturated heterocycles. The van der Waals surface area contributed by atoms with E-state index in [1.54, 1.807) is 25.1 Å². The van der Waals surface area contributed by atoms with Crippen molar-refractivity contribution >= 4 is 28.5 Å². The van der Waals surface area contributed by atoms with E-state index >= 15 is 0 Å². The first-order valence-electron chi connectivity index (χ1n) is 10.8. The van der Waals surface area contributed by atoms with Gasteiger partial charge in [-0.2, -0.15) is 0 Å². The third kappa shape index (κ3) is 4.33.